The number of rotatable bonds is 18. The van der Waals surface area contributed by atoms with E-state index in [1.165, 1.54) is 27.7 Å². The standard InChI is InChI=1S/C57H94O28S/c1-21(2)16-26(59)19-57(9,71)34-11-10-29-28-18-32(31-17-27(85-86(72,73)74)12-14-55(31,7)30(28)13-15-56(29,34)8)79-52-45(70)47(37(62)24(5)77-52)82-53-49(84-51-43(68)40(65)36(61)23(4)76-51)44(69)46(25(6)78-53)81-54-48(41(66)38(63)33(20-58)80-54)83-50-42(67)39(64)35(60)22(3)75-50/h13,21-25,27-29,31-54,58,60-71H,10-12,14-20H2,1-9H3,(H,72,73,74)/t22?,23?,24?,25?,27-,28?,29?,31+,32-,33?,34?,35?,36?,37?,38?,39?,40?,41?,42?,43?,44?,45?,46?,47?,48?,49?,50?,51?,52?,53?,54?,55+,56-,57-/m0/s1. The Morgan fingerprint density at radius 3 is 1.71 bits per heavy atom. The van der Waals surface area contributed by atoms with Gasteiger partial charge in [0.25, 0.3) is 0 Å². The summed E-state index contributed by atoms with van der Waals surface area (Å²) in [4.78, 5) is 13.2. The summed E-state index contributed by atoms with van der Waals surface area (Å²) in [7, 11) is -4.89. The number of carbonyl (C=O) groups excluding carboxylic acids is 1. The Hall–Kier alpha value is -1.64. The molecule has 34 atom stereocenters. The number of fused-ring (bicyclic) bond motifs is 5. The number of aliphatic hydroxyl groups excluding tert-OH is 12. The summed E-state index contributed by atoms with van der Waals surface area (Å²) in [5, 5.41) is 146. The quantitative estimate of drug-likeness (QED) is 0.0507. The molecule has 0 amide bonds. The first kappa shape index (κ1) is 68.7. The molecule has 0 aromatic rings. The van der Waals surface area contributed by atoms with E-state index in [0.717, 1.165) is 12.0 Å². The van der Waals surface area contributed by atoms with Crippen molar-refractivity contribution in [3.8, 4) is 0 Å². The lowest BCUT2D eigenvalue weighted by molar-refractivity contribution is -0.407. The number of carbonyl (C=O) groups is 1. The number of ketones is 1. The second-order valence-corrected chi connectivity index (χ2v) is 28.1. The number of aliphatic hydroxyl groups is 13. The average Bonchev–Trinajstić information content (AvgIpc) is 1.34. The van der Waals surface area contributed by atoms with Crippen molar-refractivity contribution < 1.29 is 136 Å². The maximum absolute atomic E-state index is 13.2. The molecular formula is C57H94O28S. The van der Waals surface area contributed by atoms with Gasteiger partial charge in [-0.1, -0.05) is 39.3 Å². The first-order chi connectivity index (χ1) is 40.1. The van der Waals surface area contributed by atoms with E-state index in [1.807, 2.05) is 13.8 Å². The van der Waals surface area contributed by atoms with Crippen LogP contribution in [0.1, 0.15) is 120 Å². The highest BCUT2D eigenvalue weighted by Crippen LogP contribution is 2.67. The number of allylic oxidation sites excluding steroid dienone is 2. The van der Waals surface area contributed by atoms with Gasteiger partial charge < -0.3 is 114 Å². The fraction of sp³-hybridized carbons (Fsp3) is 0.947. The number of hydrogen-bond donors (Lipinski definition) is 14. The zero-order valence-corrected chi connectivity index (χ0v) is 50.8. The number of hydrogen-bond acceptors (Lipinski definition) is 27. The molecule has 86 heavy (non-hydrogen) atoms. The molecule has 9 aliphatic rings. The molecule has 9 rings (SSSR count). The Morgan fingerprint density at radius 2 is 1.14 bits per heavy atom. The van der Waals surface area contributed by atoms with Gasteiger partial charge in [-0.2, -0.15) is 8.42 Å². The van der Waals surface area contributed by atoms with E-state index in [-0.39, 0.29) is 48.7 Å². The minimum Gasteiger partial charge on any atom is -0.394 e. The Morgan fingerprint density at radius 1 is 0.616 bits per heavy atom. The predicted molar refractivity (Wildman–Crippen MR) is 290 cm³/mol. The molecule has 0 radical (unpaired) electrons. The largest absolute Gasteiger partial charge is 0.397 e. The van der Waals surface area contributed by atoms with E-state index in [9.17, 15) is 84.1 Å². The normalized spacial score (nSPS) is 51.7. The topological polar surface area (TPSA) is 436 Å². The zero-order chi connectivity index (χ0) is 63.2. The summed E-state index contributed by atoms with van der Waals surface area (Å²) in [6, 6.07) is 0. The third kappa shape index (κ3) is 13.4. The minimum absolute atomic E-state index is 0.00741. The lowest BCUT2D eigenvalue weighted by atomic mass is 9.47. The van der Waals surface area contributed by atoms with Gasteiger partial charge in [0.05, 0.1) is 48.8 Å². The average molecular weight is 1260 g/mol. The van der Waals surface area contributed by atoms with Crippen molar-refractivity contribution >= 4 is 16.2 Å². The van der Waals surface area contributed by atoms with E-state index in [0.29, 0.717) is 32.1 Å². The van der Waals surface area contributed by atoms with Gasteiger partial charge in [-0.3, -0.25) is 9.35 Å². The second kappa shape index (κ2) is 26.4. The minimum atomic E-state index is -4.89. The fourth-order valence-electron chi connectivity index (χ4n) is 16.0. The second-order valence-electron chi connectivity index (χ2n) is 27.1. The fourth-order valence-corrected chi connectivity index (χ4v) is 16.6. The maximum atomic E-state index is 13.2. The summed E-state index contributed by atoms with van der Waals surface area (Å²) < 4.78 is 101. The summed E-state index contributed by atoms with van der Waals surface area (Å²) >= 11 is 0. The summed E-state index contributed by atoms with van der Waals surface area (Å²) in [6.07, 6.45) is -38.7. The monoisotopic (exact) mass is 1260 g/mol. The molecule has 5 saturated heterocycles. The lowest BCUT2D eigenvalue weighted by Crippen LogP contribution is -2.68. The Kier molecular flexibility index (Phi) is 21.1. The van der Waals surface area contributed by atoms with Gasteiger partial charge in [0.2, 0.25) is 0 Å². The summed E-state index contributed by atoms with van der Waals surface area (Å²) in [5.41, 5.74) is -1.27. The van der Waals surface area contributed by atoms with Crippen LogP contribution in [0.3, 0.4) is 0 Å². The third-order valence-electron chi connectivity index (χ3n) is 20.6. The van der Waals surface area contributed by atoms with E-state index in [1.54, 1.807) is 6.92 Å². The lowest BCUT2D eigenvalue weighted by Gasteiger charge is -2.60. The van der Waals surface area contributed by atoms with Crippen LogP contribution in [-0.4, -0.2) is 263 Å². The molecule has 14 N–H and O–H groups in total. The highest BCUT2D eigenvalue weighted by Gasteiger charge is 2.64. The number of Topliss-reactive ketones (excluding diaryl/α,β-unsaturated/α-hetero) is 1. The molecule has 0 aromatic heterocycles. The van der Waals surface area contributed by atoms with Crippen molar-refractivity contribution in [1.29, 1.82) is 0 Å². The van der Waals surface area contributed by atoms with Gasteiger partial charge in [-0.05, 0) is 120 Å². The van der Waals surface area contributed by atoms with Crippen LogP contribution < -0.4 is 0 Å². The molecule has 29 heteroatoms. The van der Waals surface area contributed by atoms with Crippen molar-refractivity contribution in [1.82, 2.24) is 0 Å². The van der Waals surface area contributed by atoms with Gasteiger partial charge >= 0.3 is 10.4 Å². The van der Waals surface area contributed by atoms with Crippen LogP contribution in [0.15, 0.2) is 11.6 Å². The Labute approximate surface area is 500 Å². The molecule has 496 valence electrons. The SMILES string of the molecule is CC(C)CC(=O)C[C@](C)(O)C1CCC2C3C[C@H](OC4OC(C)C(O)C(OC5OC(C)C(OC6OC(CO)C(O)C(O)C6OC6OC(C)C(O)C(O)C6O)C(O)C5OC5OC(C)C(O)C(O)C5O)C4O)[C@H]4C[C@@H](OS(=O)(=O)O)CC[C@]4(C)C3=CC[C@@]21C. The smallest absolute Gasteiger partial charge is 0.394 e. The van der Waals surface area contributed by atoms with Crippen molar-refractivity contribution in [2.75, 3.05) is 6.61 Å². The van der Waals surface area contributed by atoms with Crippen LogP contribution >= 0.6 is 0 Å². The van der Waals surface area contributed by atoms with Crippen LogP contribution in [0.25, 0.3) is 0 Å². The van der Waals surface area contributed by atoms with Crippen LogP contribution in [-0.2, 0) is 66.7 Å². The molecule has 5 heterocycles. The summed E-state index contributed by atoms with van der Waals surface area (Å²) in [5.74, 6) is -0.812. The van der Waals surface area contributed by atoms with Crippen LogP contribution in [0.4, 0.5) is 0 Å². The van der Waals surface area contributed by atoms with Gasteiger partial charge in [0, 0.05) is 12.8 Å². The highest BCUT2D eigenvalue weighted by molar-refractivity contribution is 7.80. The first-order valence-corrected chi connectivity index (χ1v) is 31.7. The van der Waals surface area contributed by atoms with E-state index in [4.69, 9.17) is 51.6 Å². The third-order valence-corrected chi connectivity index (χ3v) is 21.1. The highest BCUT2D eigenvalue weighted by atomic mass is 32.3. The van der Waals surface area contributed by atoms with Crippen LogP contribution in [0.5, 0.6) is 0 Å². The van der Waals surface area contributed by atoms with E-state index in [2.05, 4.69) is 19.9 Å². The van der Waals surface area contributed by atoms with Crippen molar-refractivity contribution in [2.24, 2.45) is 40.4 Å². The zero-order valence-electron chi connectivity index (χ0n) is 50.0. The molecule has 4 aliphatic carbocycles. The molecule has 28 nitrogen and oxygen atoms in total. The first-order valence-electron chi connectivity index (χ1n) is 30.3. The van der Waals surface area contributed by atoms with Gasteiger partial charge in [-0.25, -0.2) is 4.18 Å². The predicted octanol–water partition coefficient (Wildman–Crippen LogP) is -2.29. The van der Waals surface area contributed by atoms with E-state index < -0.39 is 205 Å². The van der Waals surface area contributed by atoms with Crippen molar-refractivity contribution in [3.63, 3.8) is 0 Å². The molecule has 5 aliphatic heterocycles. The molecule has 28 unspecified atom stereocenters. The molecule has 0 bridgehead atoms. The number of ether oxygens (including phenoxy) is 10. The maximum Gasteiger partial charge on any atom is 0.397 e. The Bertz CT molecular complexity index is 2460. The molecule has 8 fully saturated rings. The Balaban J connectivity index is 0.996. The van der Waals surface area contributed by atoms with Crippen molar-refractivity contribution in [3.05, 3.63) is 11.6 Å². The van der Waals surface area contributed by atoms with E-state index >= 15 is 0 Å². The van der Waals surface area contributed by atoms with Crippen LogP contribution in [0, 0.1) is 40.4 Å². The van der Waals surface area contributed by atoms with Gasteiger partial charge in [-0.15, -0.1) is 0 Å². The van der Waals surface area contributed by atoms with Gasteiger partial charge in [0.1, 0.15) is 103 Å². The summed E-state index contributed by atoms with van der Waals surface area (Å²) in [6.45, 7) is 14.6. The molecule has 0 spiro atoms. The molecule has 0 aromatic carbocycles. The molecule has 3 saturated carbocycles. The molecular weight excluding hydrogens is 1160 g/mol. The van der Waals surface area contributed by atoms with Crippen LogP contribution in [0.2, 0.25) is 0 Å². The van der Waals surface area contributed by atoms with Crippen molar-refractivity contribution in [2.45, 2.75) is 291 Å². The van der Waals surface area contributed by atoms with Gasteiger partial charge in [0.15, 0.2) is 31.5 Å².